The number of anilines is 3. The van der Waals surface area contributed by atoms with Crippen LogP contribution in [0.3, 0.4) is 0 Å². The Labute approximate surface area is 171 Å². The summed E-state index contributed by atoms with van der Waals surface area (Å²) < 4.78 is 11.4. The molecule has 28 heavy (non-hydrogen) atoms. The van der Waals surface area contributed by atoms with Crippen molar-refractivity contribution in [3.05, 3.63) is 48.5 Å². The Kier molecular flexibility index (Phi) is 7.10. The molecular weight excluding hydrogens is 396 g/mol. The molecule has 1 amide bonds. The highest BCUT2D eigenvalue weighted by atomic mass is 32.2. The third-order valence-corrected chi connectivity index (χ3v) is 5.51. The molecule has 0 aliphatic heterocycles. The van der Waals surface area contributed by atoms with E-state index >= 15 is 0 Å². The standard InChI is InChI=1S/C19H20N4O3S2/c1-3-26-16-7-5-4-6-15(16)21-17(24)12-27-19-23-22-18(28-19)20-13-8-10-14(25-2)11-9-13/h4-11H,3,12H2,1-2H3,(H,20,22)(H,21,24). The van der Waals surface area contributed by atoms with E-state index in [9.17, 15) is 4.79 Å². The Balaban J connectivity index is 1.52. The zero-order chi connectivity index (χ0) is 19.8. The summed E-state index contributed by atoms with van der Waals surface area (Å²) in [5, 5.41) is 14.9. The van der Waals surface area contributed by atoms with E-state index in [4.69, 9.17) is 9.47 Å². The molecule has 0 bridgehead atoms. The summed E-state index contributed by atoms with van der Waals surface area (Å²) in [6, 6.07) is 14.9. The maximum absolute atomic E-state index is 12.2. The lowest BCUT2D eigenvalue weighted by Gasteiger charge is -2.10. The molecule has 7 nitrogen and oxygen atoms in total. The SMILES string of the molecule is CCOc1ccccc1NC(=O)CSc1nnc(Nc2ccc(OC)cc2)s1. The summed E-state index contributed by atoms with van der Waals surface area (Å²) in [6.45, 7) is 2.44. The van der Waals surface area contributed by atoms with Gasteiger partial charge in [-0.15, -0.1) is 10.2 Å². The smallest absolute Gasteiger partial charge is 0.234 e. The number of methoxy groups -OCH3 is 1. The monoisotopic (exact) mass is 416 g/mol. The van der Waals surface area contributed by atoms with Gasteiger partial charge < -0.3 is 20.1 Å². The summed E-state index contributed by atoms with van der Waals surface area (Å²) in [5.41, 5.74) is 1.55. The third kappa shape index (κ3) is 5.61. The normalized spacial score (nSPS) is 10.4. The fourth-order valence-corrected chi connectivity index (χ4v) is 3.85. The molecule has 0 fully saturated rings. The van der Waals surface area contributed by atoms with Gasteiger partial charge >= 0.3 is 0 Å². The van der Waals surface area contributed by atoms with Gasteiger partial charge in [0, 0.05) is 5.69 Å². The van der Waals surface area contributed by atoms with E-state index in [0.717, 1.165) is 11.4 Å². The predicted octanol–water partition coefficient (Wildman–Crippen LogP) is 4.42. The van der Waals surface area contributed by atoms with Crippen LogP contribution in [0, 0.1) is 0 Å². The van der Waals surface area contributed by atoms with Gasteiger partial charge in [0.05, 0.1) is 25.2 Å². The summed E-state index contributed by atoms with van der Waals surface area (Å²) in [7, 11) is 1.63. The first-order chi connectivity index (χ1) is 13.7. The number of carbonyl (C=O) groups excluding carboxylic acids is 1. The minimum absolute atomic E-state index is 0.128. The highest BCUT2D eigenvalue weighted by Crippen LogP contribution is 2.29. The number of amides is 1. The summed E-state index contributed by atoms with van der Waals surface area (Å²) in [6.07, 6.45) is 0. The van der Waals surface area contributed by atoms with Gasteiger partial charge in [-0.2, -0.15) is 0 Å². The van der Waals surface area contributed by atoms with Crippen molar-refractivity contribution in [2.24, 2.45) is 0 Å². The number of nitrogens with one attached hydrogen (secondary N) is 2. The maximum atomic E-state index is 12.2. The van der Waals surface area contributed by atoms with E-state index in [0.29, 0.717) is 27.5 Å². The van der Waals surface area contributed by atoms with Crippen LogP contribution in [0.1, 0.15) is 6.92 Å². The number of hydrogen-bond acceptors (Lipinski definition) is 8. The van der Waals surface area contributed by atoms with Gasteiger partial charge in [-0.25, -0.2) is 0 Å². The van der Waals surface area contributed by atoms with Crippen molar-refractivity contribution in [1.82, 2.24) is 10.2 Å². The minimum atomic E-state index is -0.128. The first-order valence-electron chi connectivity index (χ1n) is 8.57. The molecule has 3 rings (SSSR count). The lowest BCUT2D eigenvalue weighted by Crippen LogP contribution is -2.14. The molecule has 1 aromatic heterocycles. The third-order valence-electron chi connectivity index (χ3n) is 3.54. The molecule has 0 saturated carbocycles. The maximum Gasteiger partial charge on any atom is 0.234 e. The molecule has 3 aromatic rings. The second-order valence-electron chi connectivity index (χ2n) is 5.49. The number of nitrogens with zero attached hydrogens (tertiary/aromatic N) is 2. The number of carbonyl (C=O) groups is 1. The molecule has 0 aliphatic rings. The Morgan fingerprint density at radius 3 is 2.68 bits per heavy atom. The first-order valence-corrected chi connectivity index (χ1v) is 10.4. The fourth-order valence-electron chi connectivity index (χ4n) is 2.28. The molecule has 0 aliphatic carbocycles. The second-order valence-corrected chi connectivity index (χ2v) is 7.69. The van der Waals surface area contributed by atoms with Gasteiger partial charge in [-0.05, 0) is 43.3 Å². The van der Waals surface area contributed by atoms with Crippen molar-refractivity contribution in [3.8, 4) is 11.5 Å². The van der Waals surface area contributed by atoms with Gasteiger partial charge in [0.25, 0.3) is 0 Å². The van der Waals surface area contributed by atoms with E-state index in [2.05, 4.69) is 20.8 Å². The Morgan fingerprint density at radius 2 is 1.93 bits per heavy atom. The Morgan fingerprint density at radius 1 is 1.14 bits per heavy atom. The average molecular weight is 417 g/mol. The van der Waals surface area contributed by atoms with E-state index < -0.39 is 0 Å². The topological polar surface area (TPSA) is 85.4 Å². The van der Waals surface area contributed by atoms with Gasteiger partial charge in [-0.1, -0.05) is 35.2 Å². The molecule has 0 spiro atoms. The highest BCUT2D eigenvalue weighted by molar-refractivity contribution is 8.01. The highest BCUT2D eigenvalue weighted by Gasteiger charge is 2.11. The van der Waals surface area contributed by atoms with Crippen LogP contribution in [0.15, 0.2) is 52.9 Å². The largest absolute Gasteiger partial charge is 0.497 e. The molecule has 1 heterocycles. The van der Waals surface area contributed by atoms with Crippen LogP contribution in [-0.2, 0) is 4.79 Å². The molecule has 0 radical (unpaired) electrons. The predicted molar refractivity (Wildman–Crippen MR) is 113 cm³/mol. The van der Waals surface area contributed by atoms with Crippen molar-refractivity contribution in [2.75, 3.05) is 30.1 Å². The number of para-hydroxylation sites is 2. The van der Waals surface area contributed by atoms with Gasteiger partial charge in [0.2, 0.25) is 11.0 Å². The quantitative estimate of drug-likeness (QED) is 0.499. The molecule has 2 aromatic carbocycles. The van der Waals surface area contributed by atoms with Crippen LogP contribution in [0.4, 0.5) is 16.5 Å². The number of thioether (sulfide) groups is 1. The van der Waals surface area contributed by atoms with Crippen molar-refractivity contribution in [3.63, 3.8) is 0 Å². The Bertz CT molecular complexity index is 916. The molecule has 0 saturated heterocycles. The van der Waals surface area contributed by atoms with Crippen LogP contribution in [0.5, 0.6) is 11.5 Å². The van der Waals surface area contributed by atoms with E-state index in [1.807, 2.05) is 55.5 Å². The lowest BCUT2D eigenvalue weighted by molar-refractivity contribution is -0.113. The van der Waals surface area contributed by atoms with Crippen LogP contribution in [-0.4, -0.2) is 35.6 Å². The van der Waals surface area contributed by atoms with Gasteiger partial charge in [0.1, 0.15) is 11.5 Å². The summed E-state index contributed by atoms with van der Waals surface area (Å²) in [4.78, 5) is 12.2. The van der Waals surface area contributed by atoms with Crippen LogP contribution in [0.25, 0.3) is 0 Å². The van der Waals surface area contributed by atoms with Crippen molar-refractivity contribution < 1.29 is 14.3 Å². The van der Waals surface area contributed by atoms with Crippen molar-refractivity contribution >= 4 is 45.5 Å². The number of hydrogen-bond donors (Lipinski definition) is 2. The van der Waals surface area contributed by atoms with Gasteiger partial charge in [0.15, 0.2) is 4.34 Å². The number of aromatic nitrogens is 2. The average Bonchev–Trinajstić information content (AvgIpc) is 3.16. The van der Waals surface area contributed by atoms with E-state index in [1.165, 1.54) is 23.1 Å². The second kappa shape index (κ2) is 9.95. The summed E-state index contributed by atoms with van der Waals surface area (Å²) in [5.74, 6) is 1.55. The number of ether oxygens (including phenoxy) is 2. The molecule has 0 atom stereocenters. The number of rotatable bonds is 9. The van der Waals surface area contributed by atoms with Gasteiger partial charge in [-0.3, -0.25) is 4.79 Å². The lowest BCUT2D eigenvalue weighted by atomic mass is 10.3. The number of benzene rings is 2. The van der Waals surface area contributed by atoms with Crippen molar-refractivity contribution in [1.29, 1.82) is 0 Å². The van der Waals surface area contributed by atoms with Crippen molar-refractivity contribution in [2.45, 2.75) is 11.3 Å². The van der Waals surface area contributed by atoms with E-state index in [-0.39, 0.29) is 11.7 Å². The minimum Gasteiger partial charge on any atom is -0.497 e. The zero-order valence-corrected chi connectivity index (χ0v) is 17.1. The molecule has 146 valence electrons. The van der Waals surface area contributed by atoms with Crippen LogP contribution >= 0.6 is 23.1 Å². The Hall–Kier alpha value is -2.78. The molecule has 2 N–H and O–H groups in total. The first kappa shape index (κ1) is 20.0. The van der Waals surface area contributed by atoms with Crippen LogP contribution in [0.2, 0.25) is 0 Å². The van der Waals surface area contributed by atoms with E-state index in [1.54, 1.807) is 7.11 Å². The molecule has 0 unspecified atom stereocenters. The molecular formula is C19H20N4O3S2. The zero-order valence-electron chi connectivity index (χ0n) is 15.5. The fraction of sp³-hybridized carbons (Fsp3) is 0.211. The summed E-state index contributed by atoms with van der Waals surface area (Å²) >= 11 is 2.73. The molecule has 9 heteroatoms. The van der Waals surface area contributed by atoms with Crippen LogP contribution < -0.4 is 20.1 Å².